The number of ether oxygens (including phenoxy) is 2. The van der Waals surface area contributed by atoms with Crippen LogP contribution in [0.4, 0.5) is 0 Å². The smallest absolute Gasteiger partial charge is 0.260 e. The van der Waals surface area contributed by atoms with Crippen LogP contribution in [-0.4, -0.2) is 25.2 Å². The zero-order valence-corrected chi connectivity index (χ0v) is 15.7. The van der Waals surface area contributed by atoms with Gasteiger partial charge in [0.1, 0.15) is 18.1 Å². The highest BCUT2D eigenvalue weighted by Crippen LogP contribution is 2.20. The molecule has 4 heteroatoms. The molecule has 0 aliphatic heterocycles. The summed E-state index contributed by atoms with van der Waals surface area (Å²) in [5, 5.41) is 2.85. The molecule has 0 aliphatic rings. The van der Waals surface area contributed by atoms with Crippen LogP contribution in [0.1, 0.15) is 29.2 Å². The Kier molecular flexibility index (Phi) is 6.45. The fourth-order valence-electron chi connectivity index (χ4n) is 2.62. The van der Waals surface area contributed by atoms with Crippen LogP contribution in [-0.2, 0) is 4.79 Å². The molecule has 4 nitrogen and oxygen atoms in total. The molecule has 0 bridgehead atoms. The minimum Gasteiger partial charge on any atom is -0.491 e. The van der Waals surface area contributed by atoms with Gasteiger partial charge in [0, 0.05) is 0 Å². The summed E-state index contributed by atoms with van der Waals surface area (Å²) in [7, 11) is 0. The summed E-state index contributed by atoms with van der Waals surface area (Å²) in [4.78, 5) is 12.2. The highest BCUT2D eigenvalue weighted by Gasteiger charge is 2.14. The van der Waals surface area contributed by atoms with E-state index in [0.29, 0.717) is 18.9 Å². The maximum Gasteiger partial charge on any atom is 0.260 e. The summed E-state index contributed by atoms with van der Waals surface area (Å²) in [5.41, 5.74) is 4.55. The van der Waals surface area contributed by atoms with Crippen LogP contribution in [0.2, 0.25) is 0 Å². The van der Waals surface area contributed by atoms with Crippen LogP contribution in [0, 0.1) is 27.7 Å². The van der Waals surface area contributed by atoms with Crippen LogP contribution in [0.3, 0.4) is 0 Å². The van der Waals surface area contributed by atoms with Crippen molar-refractivity contribution >= 4 is 5.91 Å². The van der Waals surface area contributed by atoms with Crippen LogP contribution in [0.15, 0.2) is 36.4 Å². The van der Waals surface area contributed by atoms with Gasteiger partial charge in [0.15, 0.2) is 6.10 Å². The summed E-state index contributed by atoms with van der Waals surface area (Å²) in [6, 6.07) is 11.9. The topological polar surface area (TPSA) is 47.6 Å². The van der Waals surface area contributed by atoms with E-state index in [1.54, 1.807) is 6.92 Å². The van der Waals surface area contributed by atoms with Crippen molar-refractivity contribution in [1.29, 1.82) is 0 Å². The summed E-state index contributed by atoms with van der Waals surface area (Å²) < 4.78 is 11.5. The molecule has 0 spiro atoms. The third-order valence-electron chi connectivity index (χ3n) is 4.09. The van der Waals surface area contributed by atoms with Crippen molar-refractivity contribution in [2.75, 3.05) is 13.2 Å². The second-order valence-corrected chi connectivity index (χ2v) is 6.42. The van der Waals surface area contributed by atoms with Gasteiger partial charge in [-0.05, 0) is 75.1 Å². The summed E-state index contributed by atoms with van der Waals surface area (Å²) >= 11 is 0. The number of aryl methyl sites for hydroxylation is 3. The first-order valence-corrected chi connectivity index (χ1v) is 8.58. The van der Waals surface area contributed by atoms with Crippen LogP contribution < -0.4 is 14.8 Å². The first kappa shape index (κ1) is 18.8. The lowest BCUT2D eigenvalue weighted by Crippen LogP contribution is -2.38. The zero-order chi connectivity index (χ0) is 18.4. The quantitative estimate of drug-likeness (QED) is 0.778. The predicted molar refractivity (Wildman–Crippen MR) is 100 cm³/mol. The minimum atomic E-state index is -0.554. The second-order valence-electron chi connectivity index (χ2n) is 6.42. The molecule has 2 aromatic carbocycles. The molecule has 1 unspecified atom stereocenters. The Morgan fingerprint density at radius 2 is 1.76 bits per heavy atom. The molecule has 1 atom stereocenters. The summed E-state index contributed by atoms with van der Waals surface area (Å²) in [6.45, 7) is 10.7. The normalized spacial score (nSPS) is 11.7. The van der Waals surface area contributed by atoms with Gasteiger partial charge in [0.25, 0.3) is 5.91 Å². The van der Waals surface area contributed by atoms with E-state index < -0.39 is 6.10 Å². The van der Waals surface area contributed by atoms with Gasteiger partial charge in [0.2, 0.25) is 0 Å². The van der Waals surface area contributed by atoms with Crippen molar-refractivity contribution in [2.24, 2.45) is 0 Å². The third kappa shape index (κ3) is 5.52. The van der Waals surface area contributed by atoms with Crippen molar-refractivity contribution < 1.29 is 14.3 Å². The first-order valence-electron chi connectivity index (χ1n) is 8.58. The Morgan fingerprint density at radius 3 is 2.44 bits per heavy atom. The molecule has 0 aromatic heterocycles. The fourth-order valence-corrected chi connectivity index (χ4v) is 2.62. The number of carbonyl (C=O) groups is 1. The second kappa shape index (κ2) is 8.56. The molecule has 0 aliphatic carbocycles. The molecule has 0 saturated carbocycles. The van der Waals surface area contributed by atoms with Gasteiger partial charge in [-0.3, -0.25) is 4.79 Å². The molecule has 1 N–H and O–H groups in total. The molecule has 1 amide bonds. The van der Waals surface area contributed by atoms with Gasteiger partial charge in [-0.25, -0.2) is 0 Å². The number of benzene rings is 2. The Morgan fingerprint density at radius 1 is 1.08 bits per heavy atom. The Balaban J connectivity index is 1.78. The molecule has 0 saturated heterocycles. The Labute approximate surface area is 150 Å². The van der Waals surface area contributed by atoms with E-state index in [0.717, 1.165) is 22.4 Å². The van der Waals surface area contributed by atoms with Gasteiger partial charge in [-0.1, -0.05) is 18.2 Å². The minimum absolute atomic E-state index is 0.149. The van der Waals surface area contributed by atoms with E-state index in [4.69, 9.17) is 9.47 Å². The first-order chi connectivity index (χ1) is 11.9. The van der Waals surface area contributed by atoms with Gasteiger partial charge >= 0.3 is 0 Å². The number of carbonyl (C=O) groups excluding carboxylic acids is 1. The number of amides is 1. The van der Waals surface area contributed by atoms with Gasteiger partial charge < -0.3 is 14.8 Å². The predicted octanol–water partition coefficient (Wildman–Crippen LogP) is 3.88. The van der Waals surface area contributed by atoms with E-state index in [1.165, 1.54) is 5.56 Å². The third-order valence-corrected chi connectivity index (χ3v) is 4.09. The number of hydrogen-bond donors (Lipinski definition) is 1. The average molecular weight is 341 g/mol. The van der Waals surface area contributed by atoms with Crippen LogP contribution in [0.25, 0.3) is 0 Å². The summed E-state index contributed by atoms with van der Waals surface area (Å²) in [5.74, 6) is 1.42. The van der Waals surface area contributed by atoms with E-state index in [9.17, 15) is 4.79 Å². The largest absolute Gasteiger partial charge is 0.491 e. The highest BCUT2D eigenvalue weighted by molar-refractivity contribution is 5.80. The Hall–Kier alpha value is -2.49. The monoisotopic (exact) mass is 341 g/mol. The lowest BCUT2D eigenvalue weighted by atomic mass is 10.1. The average Bonchev–Trinajstić information content (AvgIpc) is 2.54. The van der Waals surface area contributed by atoms with Crippen LogP contribution in [0.5, 0.6) is 11.5 Å². The van der Waals surface area contributed by atoms with E-state index in [-0.39, 0.29) is 5.91 Å². The van der Waals surface area contributed by atoms with Crippen molar-refractivity contribution in [2.45, 2.75) is 40.7 Å². The van der Waals surface area contributed by atoms with E-state index >= 15 is 0 Å². The molecule has 0 heterocycles. The molecule has 0 fully saturated rings. The molecule has 2 aromatic rings. The highest BCUT2D eigenvalue weighted by atomic mass is 16.5. The maximum absolute atomic E-state index is 12.2. The Bertz CT molecular complexity index is 720. The van der Waals surface area contributed by atoms with Crippen molar-refractivity contribution in [1.82, 2.24) is 5.32 Å². The maximum atomic E-state index is 12.2. The van der Waals surface area contributed by atoms with Gasteiger partial charge in [-0.2, -0.15) is 0 Å². The van der Waals surface area contributed by atoms with Crippen molar-refractivity contribution in [3.63, 3.8) is 0 Å². The molecular weight excluding hydrogens is 314 g/mol. The number of nitrogens with one attached hydrogen (secondary N) is 1. The molecule has 25 heavy (non-hydrogen) atoms. The lowest BCUT2D eigenvalue weighted by Gasteiger charge is -2.16. The molecular formula is C21H27NO3. The van der Waals surface area contributed by atoms with Gasteiger partial charge in [0.05, 0.1) is 6.54 Å². The van der Waals surface area contributed by atoms with Crippen LogP contribution >= 0.6 is 0 Å². The molecule has 0 radical (unpaired) electrons. The zero-order valence-electron chi connectivity index (χ0n) is 15.7. The van der Waals surface area contributed by atoms with Gasteiger partial charge in [-0.15, -0.1) is 0 Å². The number of hydrogen-bond acceptors (Lipinski definition) is 3. The van der Waals surface area contributed by atoms with Crippen molar-refractivity contribution in [3.8, 4) is 11.5 Å². The van der Waals surface area contributed by atoms with E-state index in [2.05, 4.69) is 24.4 Å². The lowest BCUT2D eigenvalue weighted by molar-refractivity contribution is -0.127. The summed E-state index contributed by atoms with van der Waals surface area (Å²) in [6.07, 6.45) is -0.554. The fraction of sp³-hybridized carbons (Fsp3) is 0.381. The molecule has 134 valence electrons. The number of rotatable bonds is 7. The van der Waals surface area contributed by atoms with Crippen molar-refractivity contribution in [3.05, 3.63) is 58.7 Å². The SMILES string of the molecule is Cc1cc(C)cc(OC(C)C(=O)NCCOc2cccc(C)c2C)c1. The molecule has 2 rings (SSSR count). The van der Waals surface area contributed by atoms with E-state index in [1.807, 2.05) is 45.0 Å². The standard InChI is InChI=1S/C21H27NO3/c1-14-11-15(2)13-19(12-14)25-18(5)21(23)22-9-10-24-20-8-6-7-16(3)17(20)4/h6-8,11-13,18H,9-10H2,1-5H3,(H,22,23).